The largest absolute Gasteiger partial charge is 0.293 e. The molecule has 0 aromatic carbocycles. The van der Waals surface area contributed by atoms with E-state index in [2.05, 4.69) is 6.92 Å². The number of rotatable bonds is 3. The van der Waals surface area contributed by atoms with E-state index in [1.54, 1.807) is 0 Å². The molecule has 1 nitrogen and oxygen atoms in total. The number of carbonyl (C=O) groups excluding carboxylic acids is 1. The first-order chi connectivity index (χ1) is 7.72. The standard InChI is InChI=1S/C13H17ClOS/c1-2-9-4-3-5-10(8-9)12(15)13-11(14)6-7-16-13/h6-7,9-10H,2-5,8H2,1H3. The first-order valence-electron chi connectivity index (χ1n) is 5.99. The normalized spacial score (nSPS) is 25.6. The zero-order valence-electron chi connectivity index (χ0n) is 9.54. The topological polar surface area (TPSA) is 17.1 Å². The van der Waals surface area contributed by atoms with Crippen molar-refractivity contribution in [2.24, 2.45) is 11.8 Å². The lowest BCUT2D eigenvalue weighted by Gasteiger charge is -2.27. The van der Waals surface area contributed by atoms with Gasteiger partial charge >= 0.3 is 0 Å². The molecule has 1 heterocycles. The molecule has 16 heavy (non-hydrogen) atoms. The highest BCUT2D eigenvalue weighted by Crippen LogP contribution is 2.35. The van der Waals surface area contributed by atoms with E-state index in [0.29, 0.717) is 5.02 Å². The lowest BCUT2D eigenvalue weighted by atomic mass is 9.78. The van der Waals surface area contributed by atoms with Gasteiger partial charge < -0.3 is 0 Å². The van der Waals surface area contributed by atoms with E-state index >= 15 is 0 Å². The highest BCUT2D eigenvalue weighted by molar-refractivity contribution is 7.12. The SMILES string of the molecule is CCC1CCCC(C(=O)c2sccc2Cl)C1. The maximum absolute atomic E-state index is 12.3. The van der Waals surface area contributed by atoms with Crippen molar-refractivity contribution in [1.29, 1.82) is 0 Å². The van der Waals surface area contributed by atoms with Crippen molar-refractivity contribution >= 4 is 28.7 Å². The third-order valence-electron chi connectivity index (χ3n) is 3.57. The summed E-state index contributed by atoms with van der Waals surface area (Å²) in [5, 5.41) is 2.53. The minimum absolute atomic E-state index is 0.217. The van der Waals surface area contributed by atoms with E-state index in [-0.39, 0.29) is 11.7 Å². The van der Waals surface area contributed by atoms with Crippen molar-refractivity contribution < 1.29 is 4.79 Å². The molecule has 1 fully saturated rings. The summed E-state index contributed by atoms with van der Waals surface area (Å²) in [6.07, 6.45) is 5.78. The Morgan fingerprint density at radius 2 is 2.38 bits per heavy atom. The van der Waals surface area contributed by atoms with Crippen LogP contribution >= 0.6 is 22.9 Å². The summed E-state index contributed by atoms with van der Waals surface area (Å²) in [4.78, 5) is 13.0. The van der Waals surface area contributed by atoms with Crippen molar-refractivity contribution in [2.45, 2.75) is 39.0 Å². The molecule has 0 radical (unpaired) electrons. The van der Waals surface area contributed by atoms with Crippen LogP contribution < -0.4 is 0 Å². The predicted octanol–water partition coefficient (Wildman–Crippen LogP) is 4.80. The Kier molecular flexibility index (Phi) is 4.04. The van der Waals surface area contributed by atoms with Gasteiger partial charge in [0.1, 0.15) is 0 Å². The molecule has 1 aliphatic carbocycles. The highest BCUT2D eigenvalue weighted by Gasteiger charge is 2.28. The molecule has 1 aromatic heterocycles. The molecule has 0 amide bonds. The summed E-state index contributed by atoms with van der Waals surface area (Å²) in [6.45, 7) is 2.22. The highest BCUT2D eigenvalue weighted by atomic mass is 35.5. The number of hydrogen-bond donors (Lipinski definition) is 0. The van der Waals surface area contributed by atoms with E-state index in [4.69, 9.17) is 11.6 Å². The van der Waals surface area contributed by atoms with E-state index in [0.717, 1.165) is 23.6 Å². The fraction of sp³-hybridized carbons (Fsp3) is 0.615. The summed E-state index contributed by atoms with van der Waals surface area (Å²) in [5.74, 6) is 1.23. The molecule has 0 aliphatic heterocycles. The molecule has 0 saturated heterocycles. The summed E-state index contributed by atoms with van der Waals surface area (Å²) in [6, 6.07) is 1.82. The van der Waals surface area contributed by atoms with Gasteiger partial charge in [0, 0.05) is 5.92 Å². The number of halogens is 1. The summed E-state index contributed by atoms with van der Waals surface area (Å²) in [7, 11) is 0. The number of Topliss-reactive ketones (excluding diaryl/α,β-unsaturated/α-hetero) is 1. The zero-order valence-corrected chi connectivity index (χ0v) is 11.1. The third-order valence-corrected chi connectivity index (χ3v) is 4.93. The van der Waals surface area contributed by atoms with Crippen molar-refractivity contribution in [3.05, 3.63) is 21.3 Å². The Balaban J connectivity index is 2.07. The molecule has 88 valence electrons. The lowest BCUT2D eigenvalue weighted by molar-refractivity contribution is 0.0866. The molecule has 0 spiro atoms. The zero-order chi connectivity index (χ0) is 11.5. The van der Waals surface area contributed by atoms with Crippen LogP contribution in [0, 0.1) is 11.8 Å². The van der Waals surface area contributed by atoms with E-state index in [1.807, 2.05) is 11.4 Å². The van der Waals surface area contributed by atoms with Crippen LogP contribution in [-0.4, -0.2) is 5.78 Å². The fourth-order valence-electron chi connectivity index (χ4n) is 2.55. The smallest absolute Gasteiger partial charge is 0.177 e. The fourth-order valence-corrected chi connectivity index (χ4v) is 3.72. The van der Waals surface area contributed by atoms with Crippen LogP contribution in [-0.2, 0) is 0 Å². The van der Waals surface area contributed by atoms with Gasteiger partial charge in [0.2, 0.25) is 0 Å². The monoisotopic (exact) mass is 256 g/mol. The molecule has 1 aliphatic rings. The predicted molar refractivity (Wildman–Crippen MR) is 69.4 cm³/mol. The molecule has 0 bridgehead atoms. The molecule has 1 aromatic rings. The van der Waals surface area contributed by atoms with Crippen LogP contribution in [0.3, 0.4) is 0 Å². The van der Waals surface area contributed by atoms with Crippen LogP contribution in [0.15, 0.2) is 11.4 Å². The van der Waals surface area contributed by atoms with E-state index in [9.17, 15) is 4.79 Å². The quantitative estimate of drug-likeness (QED) is 0.710. The molecule has 3 heteroatoms. The maximum Gasteiger partial charge on any atom is 0.177 e. The Bertz CT molecular complexity index is 372. The van der Waals surface area contributed by atoms with Crippen molar-refractivity contribution in [1.82, 2.24) is 0 Å². The molecule has 2 atom stereocenters. The van der Waals surface area contributed by atoms with Crippen LogP contribution in [0.25, 0.3) is 0 Å². The van der Waals surface area contributed by atoms with Gasteiger partial charge in [-0.15, -0.1) is 11.3 Å². The number of ketones is 1. The summed E-state index contributed by atoms with van der Waals surface area (Å²) >= 11 is 7.49. The Hall–Kier alpha value is -0.340. The van der Waals surface area contributed by atoms with Crippen LogP contribution in [0.5, 0.6) is 0 Å². The van der Waals surface area contributed by atoms with Crippen molar-refractivity contribution in [2.75, 3.05) is 0 Å². The second kappa shape index (κ2) is 5.33. The minimum Gasteiger partial charge on any atom is -0.293 e. The van der Waals surface area contributed by atoms with E-state index in [1.165, 1.54) is 30.6 Å². The molecule has 0 N–H and O–H groups in total. The molecule has 2 rings (SSSR count). The van der Waals surface area contributed by atoms with Crippen LogP contribution in [0.1, 0.15) is 48.7 Å². The minimum atomic E-state index is 0.217. The Labute approximate surface area is 106 Å². The summed E-state index contributed by atoms with van der Waals surface area (Å²) in [5.41, 5.74) is 0. The van der Waals surface area contributed by atoms with Crippen molar-refractivity contribution in [3.8, 4) is 0 Å². The second-order valence-corrected chi connectivity index (χ2v) is 5.92. The molecular weight excluding hydrogens is 240 g/mol. The van der Waals surface area contributed by atoms with Gasteiger partial charge in [-0.2, -0.15) is 0 Å². The van der Waals surface area contributed by atoms with Gasteiger partial charge in [0.05, 0.1) is 9.90 Å². The number of carbonyl (C=O) groups is 1. The van der Waals surface area contributed by atoms with Gasteiger partial charge in [0.15, 0.2) is 5.78 Å². The third kappa shape index (κ3) is 2.49. The molecule has 1 saturated carbocycles. The Morgan fingerprint density at radius 1 is 1.56 bits per heavy atom. The number of hydrogen-bond acceptors (Lipinski definition) is 2. The van der Waals surface area contributed by atoms with Gasteiger partial charge in [-0.1, -0.05) is 37.8 Å². The average molecular weight is 257 g/mol. The first-order valence-corrected chi connectivity index (χ1v) is 7.25. The average Bonchev–Trinajstić information content (AvgIpc) is 2.74. The first kappa shape index (κ1) is 12.1. The van der Waals surface area contributed by atoms with Crippen LogP contribution in [0.2, 0.25) is 5.02 Å². The molecular formula is C13H17ClOS. The number of thiophene rings is 1. The van der Waals surface area contributed by atoms with E-state index < -0.39 is 0 Å². The second-order valence-electron chi connectivity index (χ2n) is 4.60. The molecule has 2 unspecified atom stereocenters. The van der Waals surface area contributed by atoms with Gasteiger partial charge in [0.25, 0.3) is 0 Å². The van der Waals surface area contributed by atoms with Gasteiger partial charge in [-0.05, 0) is 30.2 Å². The Morgan fingerprint density at radius 3 is 3.00 bits per heavy atom. The summed E-state index contributed by atoms with van der Waals surface area (Å²) < 4.78 is 0. The van der Waals surface area contributed by atoms with Gasteiger partial charge in [-0.25, -0.2) is 0 Å². The van der Waals surface area contributed by atoms with Crippen molar-refractivity contribution in [3.63, 3.8) is 0 Å². The lowest BCUT2D eigenvalue weighted by Crippen LogP contribution is -2.22. The maximum atomic E-state index is 12.3. The van der Waals surface area contributed by atoms with Gasteiger partial charge in [-0.3, -0.25) is 4.79 Å². The van der Waals surface area contributed by atoms with Crippen LogP contribution in [0.4, 0.5) is 0 Å².